The second-order valence-corrected chi connectivity index (χ2v) is 10.8. The van der Waals surface area contributed by atoms with Gasteiger partial charge in [0.2, 0.25) is 0 Å². The van der Waals surface area contributed by atoms with Gasteiger partial charge in [-0.25, -0.2) is 0 Å². The molecule has 0 saturated heterocycles. The predicted octanol–water partition coefficient (Wildman–Crippen LogP) is 3.03. The Hall–Kier alpha value is -0.303. The molecule has 0 aromatic carbocycles. The zero-order valence-electron chi connectivity index (χ0n) is 11.7. The molecule has 0 aliphatic heterocycles. The van der Waals surface area contributed by atoms with E-state index in [0.29, 0.717) is 0 Å². The van der Waals surface area contributed by atoms with Crippen LogP contribution in [0.1, 0.15) is 34.6 Å². The van der Waals surface area contributed by atoms with E-state index in [2.05, 4.69) is 39.8 Å². The lowest BCUT2D eigenvalue weighted by Gasteiger charge is -2.40. The first-order valence-electron chi connectivity index (χ1n) is 5.85. The van der Waals surface area contributed by atoms with Crippen molar-refractivity contribution >= 4 is 8.32 Å². The summed E-state index contributed by atoms with van der Waals surface area (Å²) in [5, 5.41) is 10.1. The molecule has 2 nitrogen and oxygen atoms in total. The summed E-state index contributed by atoms with van der Waals surface area (Å²) in [6, 6.07) is 0. The van der Waals surface area contributed by atoms with Crippen LogP contribution in [-0.2, 0) is 4.43 Å². The van der Waals surface area contributed by atoms with Crippen LogP contribution >= 0.6 is 0 Å². The molecule has 16 heavy (non-hydrogen) atoms. The van der Waals surface area contributed by atoms with Gasteiger partial charge in [-0.1, -0.05) is 20.8 Å². The first-order chi connectivity index (χ1) is 7.03. The summed E-state index contributed by atoms with van der Waals surface area (Å²) in [4.78, 5) is 0. The molecule has 0 aromatic heterocycles. The summed E-state index contributed by atoms with van der Waals surface area (Å²) in [7, 11) is -1.82. The van der Waals surface area contributed by atoms with E-state index in [9.17, 15) is 5.11 Å². The number of hydrogen-bond donors (Lipinski definition) is 1. The standard InChI is InChI=1S/C13H26O2Si/c1-9-10(2)12(14)11(3)15-16(7,8)13(4,5)6/h1,10-12,14H,2-8H3/t10-,11+,12-/m1/s1. The van der Waals surface area contributed by atoms with Gasteiger partial charge in [0.15, 0.2) is 8.32 Å². The van der Waals surface area contributed by atoms with Crippen LogP contribution in [-0.4, -0.2) is 25.6 Å². The van der Waals surface area contributed by atoms with Crippen LogP contribution in [0.2, 0.25) is 18.1 Å². The van der Waals surface area contributed by atoms with Crippen LogP contribution in [0, 0.1) is 18.3 Å². The van der Waals surface area contributed by atoms with Crippen LogP contribution in [0.3, 0.4) is 0 Å². The van der Waals surface area contributed by atoms with Crippen molar-refractivity contribution in [2.45, 2.75) is 65.0 Å². The topological polar surface area (TPSA) is 29.5 Å². The van der Waals surface area contributed by atoms with Gasteiger partial charge < -0.3 is 9.53 Å². The Bertz CT molecular complexity index is 260. The van der Waals surface area contributed by atoms with Gasteiger partial charge in [-0.2, -0.15) is 0 Å². The maximum atomic E-state index is 9.97. The van der Waals surface area contributed by atoms with Crippen LogP contribution < -0.4 is 0 Å². The maximum absolute atomic E-state index is 9.97. The van der Waals surface area contributed by atoms with E-state index in [1.165, 1.54) is 0 Å². The summed E-state index contributed by atoms with van der Waals surface area (Å²) in [5.74, 6) is 2.39. The molecule has 0 aromatic rings. The molecule has 0 radical (unpaired) electrons. The number of hydrogen-bond acceptors (Lipinski definition) is 2. The molecule has 0 bridgehead atoms. The van der Waals surface area contributed by atoms with E-state index < -0.39 is 14.4 Å². The Morgan fingerprint density at radius 1 is 1.25 bits per heavy atom. The van der Waals surface area contributed by atoms with Gasteiger partial charge in [0.05, 0.1) is 12.2 Å². The van der Waals surface area contributed by atoms with Crippen molar-refractivity contribution in [3.8, 4) is 12.3 Å². The summed E-state index contributed by atoms with van der Waals surface area (Å²) >= 11 is 0. The zero-order valence-corrected chi connectivity index (χ0v) is 12.7. The molecule has 0 aliphatic carbocycles. The molecule has 0 aliphatic rings. The van der Waals surface area contributed by atoms with Gasteiger partial charge in [-0.05, 0) is 32.0 Å². The second kappa shape index (κ2) is 5.35. The fraction of sp³-hybridized carbons (Fsp3) is 0.846. The Balaban J connectivity index is 4.58. The molecular formula is C13H26O2Si. The average Bonchev–Trinajstić information content (AvgIpc) is 2.12. The SMILES string of the molecule is C#C[C@@H](C)[C@@H](O)[C@H](C)O[Si](C)(C)C(C)(C)C. The van der Waals surface area contributed by atoms with Crippen LogP contribution in [0.15, 0.2) is 0 Å². The second-order valence-electron chi connectivity index (χ2n) is 6.03. The Labute approximate surface area is 102 Å². The van der Waals surface area contributed by atoms with Gasteiger partial charge in [-0.3, -0.25) is 0 Å². The van der Waals surface area contributed by atoms with E-state index in [1.54, 1.807) is 0 Å². The summed E-state index contributed by atoms with van der Waals surface area (Å²) in [6.45, 7) is 14.7. The molecule has 0 spiro atoms. The van der Waals surface area contributed by atoms with Crippen molar-refractivity contribution in [3.63, 3.8) is 0 Å². The van der Waals surface area contributed by atoms with Crippen molar-refractivity contribution in [3.05, 3.63) is 0 Å². The number of terminal acetylenes is 1. The van der Waals surface area contributed by atoms with Crippen molar-refractivity contribution in [2.24, 2.45) is 5.92 Å². The predicted molar refractivity (Wildman–Crippen MR) is 71.7 cm³/mol. The highest BCUT2D eigenvalue weighted by atomic mass is 28.4. The molecule has 0 amide bonds. The van der Waals surface area contributed by atoms with E-state index >= 15 is 0 Å². The first-order valence-corrected chi connectivity index (χ1v) is 8.75. The van der Waals surface area contributed by atoms with Gasteiger partial charge in [0.1, 0.15) is 0 Å². The number of aliphatic hydroxyl groups excluding tert-OH is 1. The molecule has 3 heteroatoms. The summed E-state index contributed by atoms with van der Waals surface area (Å²) in [5.41, 5.74) is 0. The molecule has 0 saturated carbocycles. The highest BCUT2D eigenvalue weighted by Crippen LogP contribution is 2.37. The first kappa shape index (κ1) is 15.7. The maximum Gasteiger partial charge on any atom is 0.192 e. The highest BCUT2D eigenvalue weighted by molar-refractivity contribution is 6.74. The van der Waals surface area contributed by atoms with E-state index in [1.807, 2.05) is 13.8 Å². The van der Waals surface area contributed by atoms with Gasteiger partial charge in [0, 0.05) is 5.92 Å². The molecule has 0 heterocycles. The lowest BCUT2D eigenvalue weighted by molar-refractivity contribution is 0.0190. The largest absolute Gasteiger partial charge is 0.412 e. The van der Waals surface area contributed by atoms with Gasteiger partial charge in [-0.15, -0.1) is 12.3 Å². The van der Waals surface area contributed by atoms with E-state index in [-0.39, 0.29) is 17.1 Å². The molecule has 3 atom stereocenters. The van der Waals surface area contributed by atoms with E-state index in [0.717, 1.165) is 0 Å². The number of rotatable bonds is 4. The fourth-order valence-corrected chi connectivity index (χ4v) is 2.64. The quantitative estimate of drug-likeness (QED) is 0.606. The van der Waals surface area contributed by atoms with Crippen molar-refractivity contribution in [1.29, 1.82) is 0 Å². The monoisotopic (exact) mass is 242 g/mol. The molecule has 0 rings (SSSR count). The summed E-state index contributed by atoms with van der Waals surface area (Å²) < 4.78 is 6.08. The minimum Gasteiger partial charge on any atom is -0.412 e. The molecule has 0 unspecified atom stereocenters. The smallest absolute Gasteiger partial charge is 0.192 e. The Kier molecular flexibility index (Phi) is 5.25. The molecule has 1 N–H and O–H groups in total. The summed E-state index contributed by atoms with van der Waals surface area (Å²) in [6.07, 6.45) is 4.52. The highest BCUT2D eigenvalue weighted by Gasteiger charge is 2.39. The average molecular weight is 242 g/mol. The third-order valence-corrected chi connectivity index (χ3v) is 8.12. The molecule has 94 valence electrons. The van der Waals surface area contributed by atoms with Crippen LogP contribution in [0.4, 0.5) is 0 Å². The fourth-order valence-electron chi connectivity index (χ4n) is 1.22. The third-order valence-electron chi connectivity index (χ3n) is 3.54. The van der Waals surface area contributed by atoms with Crippen molar-refractivity contribution in [1.82, 2.24) is 0 Å². The molecule has 0 fully saturated rings. The molecular weight excluding hydrogens is 216 g/mol. The van der Waals surface area contributed by atoms with E-state index in [4.69, 9.17) is 10.8 Å². The third kappa shape index (κ3) is 3.93. The van der Waals surface area contributed by atoms with Crippen molar-refractivity contribution < 1.29 is 9.53 Å². The Morgan fingerprint density at radius 2 is 1.69 bits per heavy atom. The minimum atomic E-state index is -1.82. The normalized spacial score (nSPS) is 18.7. The zero-order chi connectivity index (χ0) is 13.1. The van der Waals surface area contributed by atoms with Gasteiger partial charge in [0.25, 0.3) is 0 Å². The minimum absolute atomic E-state index is 0.153. The van der Waals surface area contributed by atoms with Crippen LogP contribution in [0.5, 0.6) is 0 Å². The van der Waals surface area contributed by atoms with Gasteiger partial charge >= 0.3 is 0 Å². The van der Waals surface area contributed by atoms with Crippen LogP contribution in [0.25, 0.3) is 0 Å². The van der Waals surface area contributed by atoms with Crippen molar-refractivity contribution in [2.75, 3.05) is 0 Å². The lowest BCUT2D eigenvalue weighted by Crippen LogP contribution is -2.47. The number of aliphatic hydroxyl groups is 1. The Morgan fingerprint density at radius 3 is 2.00 bits per heavy atom. The lowest BCUT2D eigenvalue weighted by atomic mass is 10.0.